The van der Waals surface area contributed by atoms with Crippen molar-refractivity contribution >= 4 is 11.7 Å². The molecule has 0 aliphatic carbocycles. The third-order valence-electron chi connectivity index (χ3n) is 6.25. The number of ketones is 1. The normalized spacial score (nSPS) is 18.2. The van der Waals surface area contributed by atoms with Crippen LogP contribution in [0.1, 0.15) is 53.0 Å². The quantitative estimate of drug-likeness (QED) is 0.634. The SMILES string of the molecule is CN1CCC(=O)c2c(ccn2CCCCN2CCC(Oc3ccc(F)cc3)CC2)C1=O. The van der Waals surface area contributed by atoms with Crippen LogP contribution in [0.15, 0.2) is 36.5 Å². The summed E-state index contributed by atoms with van der Waals surface area (Å²) in [4.78, 5) is 29.0. The van der Waals surface area contributed by atoms with E-state index < -0.39 is 0 Å². The van der Waals surface area contributed by atoms with Crippen LogP contribution < -0.4 is 4.74 Å². The van der Waals surface area contributed by atoms with Gasteiger partial charge in [-0.25, -0.2) is 4.39 Å². The average molecular weight is 428 g/mol. The summed E-state index contributed by atoms with van der Waals surface area (Å²) in [5, 5.41) is 0. The first-order valence-electron chi connectivity index (χ1n) is 11.1. The highest BCUT2D eigenvalue weighted by Crippen LogP contribution is 2.21. The number of hydrogen-bond acceptors (Lipinski definition) is 4. The van der Waals surface area contributed by atoms with Crippen LogP contribution in [0.2, 0.25) is 0 Å². The van der Waals surface area contributed by atoms with Crippen LogP contribution in [0, 0.1) is 5.82 Å². The number of carbonyl (C=O) groups is 2. The smallest absolute Gasteiger partial charge is 0.255 e. The molecule has 1 aromatic heterocycles. The van der Waals surface area contributed by atoms with Crippen LogP contribution in [0.4, 0.5) is 4.39 Å². The fraction of sp³-hybridized carbons (Fsp3) is 0.500. The van der Waals surface area contributed by atoms with Gasteiger partial charge in [-0.05, 0) is 62.6 Å². The van der Waals surface area contributed by atoms with Crippen LogP contribution >= 0.6 is 0 Å². The van der Waals surface area contributed by atoms with Gasteiger partial charge in [-0.3, -0.25) is 9.59 Å². The van der Waals surface area contributed by atoms with Crippen molar-refractivity contribution in [2.24, 2.45) is 0 Å². The van der Waals surface area contributed by atoms with E-state index in [0.717, 1.165) is 57.6 Å². The Morgan fingerprint density at radius 3 is 2.45 bits per heavy atom. The second-order valence-corrected chi connectivity index (χ2v) is 8.49. The molecule has 31 heavy (non-hydrogen) atoms. The predicted molar refractivity (Wildman–Crippen MR) is 116 cm³/mol. The molecule has 0 unspecified atom stereocenters. The number of likely N-dealkylation sites (tertiary alicyclic amines) is 1. The van der Waals surface area contributed by atoms with Crippen molar-refractivity contribution in [1.82, 2.24) is 14.4 Å². The van der Waals surface area contributed by atoms with Crippen LogP contribution in [0.25, 0.3) is 0 Å². The van der Waals surface area contributed by atoms with E-state index >= 15 is 0 Å². The molecule has 1 saturated heterocycles. The largest absolute Gasteiger partial charge is 0.490 e. The van der Waals surface area contributed by atoms with Gasteiger partial charge in [0.2, 0.25) is 0 Å². The zero-order valence-electron chi connectivity index (χ0n) is 18.1. The Labute approximate surface area is 182 Å². The molecule has 7 heteroatoms. The van der Waals surface area contributed by atoms with Crippen LogP contribution in [0.5, 0.6) is 5.75 Å². The van der Waals surface area contributed by atoms with Gasteiger partial charge in [0.05, 0.1) is 11.3 Å². The zero-order chi connectivity index (χ0) is 21.8. The highest BCUT2D eigenvalue weighted by atomic mass is 19.1. The van der Waals surface area contributed by atoms with E-state index in [4.69, 9.17) is 4.74 Å². The molecule has 0 atom stereocenters. The number of halogens is 1. The maximum atomic E-state index is 13.0. The molecule has 4 rings (SSSR count). The lowest BCUT2D eigenvalue weighted by Crippen LogP contribution is -2.38. The molecule has 2 aliphatic rings. The minimum Gasteiger partial charge on any atom is -0.490 e. The highest BCUT2D eigenvalue weighted by molar-refractivity contribution is 6.08. The molecule has 166 valence electrons. The maximum absolute atomic E-state index is 13.0. The van der Waals surface area contributed by atoms with E-state index in [9.17, 15) is 14.0 Å². The number of ether oxygens (including phenoxy) is 1. The van der Waals surface area contributed by atoms with E-state index in [0.29, 0.717) is 24.2 Å². The molecule has 1 amide bonds. The topological polar surface area (TPSA) is 54.8 Å². The molecule has 6 nitrogen and oxygen atoms in total. The molecule has 0 radical (unpaired) electrons. The van der Waals surface area contributed by atoms with Crippen molar-refractivity contribution in [2.45, 2.75) is 44.8 Å². The molecular formula is C24H30FN3O3. The molecular weight excluding hydrogens is 397 g/mol. The lowest BCUT2D eigenvalue weighted by Gasteiger charge is -2.32. The third-order valence-corrected chi connectivity index (χ3v) is 6.25. The molecule has 2 aliphatic heterocycles. The van der Waals surface area contributed by atoms with Gasteiger partial charge in [0, 0.05) is 45.8 Å². The Morgan fingerprint density at radius 2 is 1.71 bits per heavy atom. The standard InChI is InChI=1S/C24H30FN3O3/c1-26-14-11-22(29)23-21(24(26)30)10-17-28(23)13-3-2-12-27-15-8-20(9-16-27)31-19-6-4-18(25)5-7-19/h4-7,10,17,20H,2-3,8-9,11-16H2,1H3. The Hall–Kier alpha value is -2.67. The van der Waals surface area contributed by atoms with Crippen LogP contribution in [-0.4, -0.2) is 65.4 Å². The first-order valence-corrected chi connectivity index (χ1v) is 11.1. The summed E-state index contributed by atoms with van der Waals surface area (Å²) in [5.41, 5.74) is 1.11. The number of nitrogens with zero attached hydrogens (tertiary/aromatic N) is 3. The van der Waals surface area contributed by atoms with Crippen molar-refractivity contribution in [2.75, 3.05) is 33.2 Å². The summed E-state index contributed by atoms with van der Waals surface area (Å²) in [6, 6.07) is 7.99. The number of rotatable bonds is 7. The highest BCUT2D eigenvalue weighted by Gasteiger charge is 2.27. The summed E-state index contributed by atoms with van der Waals surface area (Å²) >= 11 is 0. The summed E-state index contributed by atoms with van der Waals surface area (Å²) in [6.45, 7) is 4.23. The fourth-order valence-electron chi connectivity index (χ4n) is 4.41. The number of piperidine rings is 1. The molecule has 0 N–H and O–H groups in total. The molecule has 2 aromatic rings. The van der Waals surface area contributed by atoms with E-state index in [-0.39, 0.29) is 23.6 Å². The molecule has 1 fully saturated rings. The van der Waals surface area contributed by atoms with Gasteiger partial charge >= 0.3 is 0 Å². The Kier molecular flexibility index (Phi) is 6.70. The minimum absolute atomic E-state index is 0.0564. The third kappa shape index (κ3) is 5.15. The number of Topliss-reactive ketones (excluding diaryl/α,β-unsaturated/α-hetero) is 1. The van der Waals surface area contributed by atoms with Gasteiger partial charge in [0.25, 0.3) is 5.91 Å². The average Bonchev–Trinajstić information content (AvgIpc) is 3.16. The van der Waals surface area contributed by atoms with Crippen molar-refractivity contribution in [3.8, 4) is 5.75 Å². The second kappa shape index (κ2) is 9.64. The van der Waals surface area contributed by atoms with Gasteiger partial charge < -0.3 is 19.1 Å². The monoisotopic (exact) mass is 427 g/mol. The van der Waals surface area contributed by atoms with Crippen molar-refractivity contribution in [3.05, 3.63) is 53.6 Å². The van der Waals surface area contributed by atoms with Gasteiger partial charge in [-0.2, -0.15) is 0 Å². The summed E-state index contributed by atoms with van der Waals surface area (Å²) in [6.07, 6.45) is 6.37. The summed E-state index contributed by atoms with van der Waals surface area (Å²) in [7, 11) is 1.75. The van der Waals surface area contributed by atoms with Gasteiger partial charge in [-0.1, -0.05) is 0 Å². The first kappa shape index (κ1) is 21.6. The van der Waals surface area contributed by atoms with E-state index in [1.165, 1.54) is 12.1 Å². The number of carbonyl (C=O) groups excluding carboxylic acids is 2. The Balaban J connectivity index is 1.20. The zero-order valence-corrected chi connectivity index (χ0v) is 18.1. The fourth-order valence-corrected chi connectivity index (χ4v) is 4.41. The maximum Gasteiger partial charge on any atom is 0.255 e. The number of amides is 1. The molecule has 1 aromatic carbocycles. The van der Waals surface area contributed by atoms with Gasteiger partial charge in [0.1, 0.15) is 17.7 Å². The molecule has 0 saturated carbocycles. The summed E-state index contributed by atoms with van der Waals surface area (Å²) < 4.78 is 20.9. The number of benzene rings is 1. The Bertz CT molecular complexity index is 917. The number of fused-ring (bicyclic) bond motifs is 1. The second-order valence-electron chi connectivity index (χ2n) is 8.49. The lowest BCUT2D eigenvalue weighted by atomic mass is 10.1. The van der Waals surface area contributed by atoms with Gasteiger partial charge in [0.15, 0.2) is 5.78 Å². The Morgan fingerprint density at radius 1 is 1.00 bits per heavy atom. The number of aryl methyl sites for hydroxylation is 1. The predicted octanol–water partition coefficient (Wildman–Crippen LogP) is 3.61. The van der Waals surface area contributed by atoms with Crippen LogP contribution in [0.3, 0.4) is 0 Å². The van der Waals surface area contributed by atoms with Gasteiger partial charge in [-0.15, -0.1) is 0 Å². The molecule has 0 spiro atoms. The minimum atomic E-state index is -0.249. The van der Waals surface area contributed by atoms with Crippen molar-refractivity contribution in [1.29, 1.82) is 0 Å². The van der Waals surface area contributed by atoms with E-state index in [1.54, 1.807) is 30.1 Å². The molecule has 3 heterocycles. The lowest BCUT2D eigenvalue weighted by molar-refractivity contribution is 0.0798. The molecule has 0 bridgehead atoms. The number of unbranched alkanes of at least 4 members (excludes halogenated alkanes) is 1. The van der Waals surface area contributed by atoms with Crippen molar-refractivity contribution < 1.29 is 18.7 Å². The van der Waals surface area contributed by atoms with E-state index in [2.05, 4.69) is 4.90 Å². The number of hydrogen-bond donors (Lipinski definition) is 0. The number of aromatic nitrogens is 1. The van der Waals surface area contributed by atoms with E-state index in [1.807, 2.05) is 10.8 Å². The van der Waals surface area contributed by atoms with Crippen LogP contribution in [-0.2, 0) is 6.54 Å². The first-order chi connectivity index (χ1) is 15.0. The summed E-state index contributed by atoms with van der Waals surface area (Å²) in [5.74, 6) is 0.470. The van der Waals surface area contributed by atoms with Crippen molar-refractivity contribution in [3.63, 3.8) is 0 Å².